The highest BCUT2D eigenvalue weighted by Gasteiger charge is 2.26. The molecule has 3 rings (SSSR count). The van der Waals surface area contributed by atoms with Gasteiger partial charge >= 0.3 is 12.2 Å². The Balaban J connectivity index is 1.46. The second-order valence-electron chi connectivity index (χ2n) is 9.40. The summed E-state index contributed by atoms with van der Waals surface area (Å²) in [5.74, 6) is -1.25. The molecule has 0 saturated carbocycles. The topological polar surface area (TPSA) is 149 Å². The van der Waals surface area contributed by atoms with Crippen molar-refractivity contribution in [1.82, 2.24) is 16.0 Å². The second-order valence-corrected chi connectivity index (χ2v) is 9.40. The highest BCUT2D eigenvalue weighted by atomic mass is 16.6. The van der Waals surface area contributed by atoms with Gasteiger partial charge in [-0.25, -0.2) is 9.59 Å². The Morgan fingerprint density at radius 3 is 1.68 bits per heavy atom. The van der Waals surface area contributed by atoms with Crippen molar-refractivity contribution in [3.63, 3.8) is 0 Å². The SMILES string of the molecule is NC(=O)C(CCCCNC(=O)OCc1ccccc1)NC(=O)C(Cc1ccccc1)NC(=O)OCc1ccccc1. The number of hydrogen-bond acceptors (Lipinski definition) is 6. The lowest BCUT2D eigenvalue weighted by atomic mass is 10.0. The highest BCUT2D eigenvalue weighted by molar-refractivity contribution is 5.90. The third kappa shape index (κ3) is 11.8. The van der Waals surface area contributed by atoms with E-state index >= 15 is 0 Å². The number of nitrogens with one attached hydrogen (secondary N) is 3. The van der Waals surface area contributed by atoms with Gasteiger partial charge in [-0.05, 0) is 36.0 Å². The fourth-order valence-corrected chi connectivity index (χ4v) is 3.96. The molecule has 0 aliphatic heterocycles. The number of ether oxygens (including phenoxy) is 2. The molecule has 4 amide bonds. The number of unbranched alkanes of at least 4 members (excludes halogenated alkanes) is 1. The van der Waals surface area contributed by atoms with Gasteiger partial charge in [0.1, 0.15) is 25.3 Å². The van der Waals surface area contributed by atoms with Crippen molar-refractivity contribution in [3.05, 3.63) is 108 Å². The van der Waals surface area contributed by atoms with E-state index in [1.165, 1.54) is 0 Å². The van der Waals surface area contributed by atoms with Crippen LogP contribution in [0, 0.1) is 0 Å². The van der Waals surface area contributed by atoms with Crippen LogP contribution in [0.1, 0.15) is 36.0 Å². The van der Waals surface area contributed by atoms with Gasteiger partial charge in [0, 0.05) is 13.0 Å². The van der Waals surface area contributed by atoms with E-state index < -0.39 is 36.1 Å². The molecule has 0 bridgehead atoms. The predicted octanol–water partition coefficient (Wildman–Crippen LogP) is 3.59. The summed E-state index contributed by atoms with van der Waals surface area (Å²) < 4.78 is 10.5. The maximum Gasteiger partial charge on any atom is 0.408 e. The van der Waals surface area contributed by atoms with Gasteiger partial charge < -0.3 is 31.2 Å². The van der Waals surface area contributed by atoms with Gasteiger partial charge in [0.15, 0.2) is 0 Å². The average Bonchev–Trinajstić information content (AvgIpc) is 2.99. The molecule has 0 aliphatic rings. The number of benzene rings is 3. The number of carbonyl (C=O) groups excluding carboxylic acids is 4. The van der Waals surface area contributed by atoms with Crippen LogP contribution < -0.4 is 21.7 Å². The first-order valence-electron chi connectivity index (χ1n) is 13.5. The summed E-state index contributed by atoms with van der Waals surface area (Å²) in [4.78, 5) is 49.7. The van der Waals surface area contributed by atoms with Crippen LogP contribution in [0.5, 0.6) is 0 Å². The van der Waals surface area contributed by atoms with E-state index in [4.69, 9.17) is 15.2 Å². The van der Waals surface area contributed by atoms with Crippen LogP contribution in [-0.2, 0) is 38.7 Å². The minimum Gasteiger partial charge on any atom is -0.445 e. The lowest BCUT2D eigenvalue weighted by Crippen LogP contribution is -2.53. The number of rotatable bonds is 15. The quantitative estimate of drug-likeness (QED) is 0.209. The fourth-order valence-electron chi connectivity index (χ4n) is 3.96. The van der Waals surface area contributed by atoms with Crippen molar-refractivity contribution in [1.29, 1.82) is 0 Å². The summed E-state index contributed by atoms with van der Waals surface area (Å²) in [5, 5.41) is 7.93. The molecule has 0 aliphatic carbocycles. The summed E-state index contributed by atoms with van der Waals surface area (Å²) in [6.45, 7) is 0.545. The third-order valence-electron chi connectivity index (χ3n) is 6.17. The number of carbonyl (C=O) groups is 4. The van der Waals surface area contributed by atoms with Crippen LogP contribution in [-0.4, -0.2) is 42.6 Å². The second kappa shape index (κ2) is 17.0. The number of alkyl carbamates (subject to hydrolysis) is 2. The highest BCUT2D eigenvalue weighted by Crippen LogP contribution is 2.08. The standard InChI is InChI=1S/C31H36N4O6/c32-28(36)26(18-10-11-19-33-30(38)40-21-24-14-6-2-7-15-24)34-29(37)27(20-23-12-4-1-5-13-23)35-31(39)41-22-25-16-8-3-9-17-25/h1-9,12-17,26-27H,10-11,18-22H2,(H2,32,36)(H,33,38)(H,34,37)(H,35,39). The van der Waals surface area contributed by atoms with E-state index in [0.717, 1.165) is 16.7 Å². The Labute approximate surface area is 239 Å². The van der Waals surface area contributed by atoms with Crippen LogP contribution in [0.25, 0.3) is 0 Å². The van der Waals surface area contributed by atoms with E-state index in [-0.39, 0.29) is 26.1 Å². The van der Waals surface area contributed by atoms with Gasteiger partial charge in [0.05, 0.1) is 0 Å². The molecule has 10 nitrogen and oxygen atoms in total. The Kier molecular flexibility index (Phi) is 12.7. The number of hydrogen-bond donors (Lipinski definition) is 4. The summed E-state index contributed by atoms with van der Waals surface area (Å²) in [5.41, 5.74) is 8.06. The first kappa shape index (κ1) is 30.7. The minimum absolute atomic E-state index is 0.0457. The molecule has 0 saturated heterocycles. The number of primary amides is 1. The van der Waals surface area contributed by atoms with E-state index in [2.05, 4.69) is 16.0 Å². The summed E-state index contributed by atoms with van der Waals surface area (Å²) in [6, 6.07) is 25.7. The van der Waals surface area contributed by atoms with Gasteiger partial charge in [-0.3, -0.25) is 9.59 Å². The molecule has 0 heterocycles. The Morgan fingerprint density at radius 2 is 1.15 bits per heavy atom. The molecular weight excluding hydrogens is 524 g/mol. The molecule has 0 radical (unpaired) electrons. The smallest absolute Gasteiger partial charge is 0.408 e. The molecule has 3 aromatic carbocycles. The van der Waals surface area contributed by atoms with E-state index in [9.17, 15) is 19.2 Å². The van der Waals surface area contributed by atoms with Crippen molar-refractivity contribution >= 4 is 24.0 Å². The molecule has 10 heteroatoms. The van der Waals surface area contributed by atoms with Crippen LogP contribution >= 0.6 is 0 Å². The van der Waals surface area contributed by atoms with Gasteiger partial charge in [0.2, 0.25) is 11.8 Å². The van der Waals surface area contributed by atoms with Crippen molar-refractivity contribution in [2.75, 3.05) is 6.54 Å². The Morgan fingerprint density at radius 1 is 0.634 bits per heavy atom. The van der Waals surface area contributed by atoms with Crippen LogP contribution in [0.4, 0.5) is 9.59 Å². The first-order valence-corrected chi connectivity index (χ1v) is 13.5. The summed E-state index contributed by atoms with van der Waals surface area (Å²) in [7, 11) is 0. The zero-order valence-corrected chi connectivity index (χ0v) is 22.8. The molecule has 5 N–H and O–H groups in total. The Bertz CT molecular complexity index is 1240. The van der Waals surface area contributed by atoms with E-state index in [1.807, 2.05) is 91.0 Å². The van der Waals surface area contributed by atoms with Crippen molar-refractivity contribution in [2.45, 2.75) is 51.0 Å². The zero-order valence-electron chi connectivity index (χ0n) is 22.8. The largest absolute Gasteiger partial charge is 0.445 e. The molecule has 3 aromatic rings. The molecule has 0 aromatic heterocycles. The van der Waals surface area contributed by atoms with Crippen molar-refractivity contribution in [2.24, 2.45) is 5.73 Å². The maximum absolute atomic E-state index is 13.2. The summed E-state index contributed by atoms with van der Waals surface area (Å²) in [6.07, 6.45) is 0.195. The van der Waals surface area contributed by atoms with Crippen LogP contribution in [0.3, 0.4) is 0 Å². The number of nitrogens with two attached hydrogens (primary N) is 1. The number of amides is 4. The molecule has 0 spiro atoms. The van der Waals surface area contributed by atoms with Crippen molar-refractivity contribution in [3.8, 4) is 0 Å². The zero-order chi connectivity index (χ0) is 29.3. The Hall–Kier alpha value is -4.86. The predicted molar refractivity (Wildman–Crippen MR) is 153 cm³/mol. The molecule has 216 valence electrons. The molecular formula is C31H36N4O6. The van der Waals surface area contributed by atoms with Crippen LogP contribution in [0.2, 0.25) is 0 Å². The minimum atomic E-state index is -0.997. The van der Waals surface area contributed by atoms with Crippen LogP contribution in [0.15, 0.2) is 91.0 Å². The lowest BCUT2D eigenvalue weighted by Gasteiger charge is -2.22. The molecule has 41 heavy (non-hydrogen) atoms. The average molecular weight is 561 g/mol. The van der Waals surface area contributed by atoms with Crippen molar-refractivity contribution < 1.29 is 28.7 Å². The van der Waals surface area contributed by atoms with E-state index in [0.29, 0.717) is 19.4 Å². The third-order valence-corrected chi connectivity index (χ3v) is 6.17. The van der Waals surface area contributed by atoms with E-state index in [1.54, 1.807) is 0 Å². The van der Waals surface area contributed by atoms with Gasteiger partial charge in [-0.2, -0.15) is 0 Å². The normalized spacial score (nSPS) is 11.9. The molecule has 0 fully saturated rings. The fraction of sp³-hybridized carbons (Fsp3) is 0.290. The first-order chi connectivity index (χ1) is 19.9. The molecule has 2 atom stereocenters. The maximum atomic E-state index is 13.2. The van der Waals surface area contributed by atoms with Gasteiger partial charge in [0.25, 0.3) is 0 Å². The molecule has 2 unspecified atom stereocenters. The lowest BCUT2D eigenvalue weighted by molar-refractivity contribution is -0.128. The van der Waals surface area contributed by atoms with Gasteiger partial charge in [-0.15, -0.1) is 0 Å². The monoisotopic (exact) mass is 560 g/mol. The summed E-state index contributed by atoms with van der Waals surface area (Å²) >= 11 is 0. The van der Waals surface area contributed by atoms with Gasteiger partial charge in [-0.1, -0.05) is 91.0 Å².